The number of carbonyl (C=O) groups is 3. The molecule has 3 aromatic rings. The van der Waals surface area contributed by atoms with Crippen molar-refractivity contribution in [2.24, 2.45) is 0 Å². The molecule has 0 N–H and O–H groups in total. The predicted octanol–water partition coefficient (Wildman–Crippen LogP) is 5.58. The van der Waals surface area contributed by atoms with Crippen molar-refractivity contribution in [3.8, 4) is 0 Å². The second kappa shape index (κ2) is 14.0. The van der Waals surface area contributed by atoms with E-state index in [0.717, 1.165) is 5.56 Å². The van der Waals surface area contributed by atoms with Crippen LogP contribution in [-0.4, -0.2) is 36.8 Å². The van der Waals surface area contributed by atoms with Gasteiger partial charge in [-0.05, 0) is 44.4 Å². The van der Waals surface area contributed by atoms with E-state index >= 15 is 0 Å². The third-order valence-electron chi connectivity index (χ3n) is 6.32. The standard InChI is InChI=1S/C33H35O7P/c1-22(2)31(34)39-20-27(21-40-32(35)23(3)4)38-19-26-17-24(5)30(25(6)18-26)33(36)41(37,28-13-9-7-10-14-28)29-15-11-8-12-16-29/h7-18,27H,1,3,19-21H2,2,4-6H3. The topological polar surface area (TPSA) is 96.0 Å². The van der Waals surface area contributed by atoms with Crippen LogP contribution in [0.25, 0.3) is 0 Å². The zero-order valence-electron chi connectivity index (χ0n) is 23.8. The number of esters is 2. The Bertz CT molecular complexity index is 1400. The average molecular weight is 575 g/mol. The third-order valence-corrected chi connectivity index (χ3v) is 9.16. The molecular weight excluding hydrogens is 539 g/mol. The average Bonchev–Trinajstić information content (AvgIpc) is 2.96. The Hall–Kier alpha value is -4.06. The van der Waals surface area contributed by atoms with Gasteiger partial charge in [-0.15, -0.1) is 0 Å². The van der Waals surface area contributed by atoms with Crippen molar-refractivity contribution < 1.29 is 33.2 Å². The van der Waals surface area contributed by atoms with E-state index in [1.54, 1.807) is 74.5 Å². The maximum absolute atomic E-state index is 14.6. The van der Waals surface area contributed by atoms with Crippen molar-refractivity contribution in [3.63, 3.8) is 0 Å². The van der Waals surface area contributed by atoms with Crippen LogP contribution in [0.4, 0.5) is 0 Å². The molecule has 0 unspecified atom stereocenters. The molecule has 3 aromatic carbocycles. The highest BCUT2D eigenvalue weighted by atomic mass is 31.2. The van der Waals surface area contributed by atoms with Crippen molar-refractivity contribution in [2.45, 2.75) is 40.4 Å². The maximum Gasteiger partial charge on any atom is 0.333 e. The lowest BCUT2D eigenvalue weighted by molar-refractivity contribution is -0.151. The summed E-state index contributed by atoms with van der Waals surface area (Å²) < 4.78 is 31.0. The predicted molar refractivity (Wildman–Crippen MR) is 160 cm³/mol. The largest absolute Gasteiger partial charge is 0.459 e. The Labute approximate surface area is 241 Å². The zero-order valence-corrected chi connectivity index (χ0v) is 24.7. The lowest BCUT2D eigenvalue weighted by atomic mass is 10.0. The maximum atomic E-state index is 14.6. The normalized spacial score (nSPS) is 11.1. The quantitative estimate of drug-likeness (QED) is 0.149. The van der Waals surface area contributed by atoms with Gasteiger partial charge in [-0.2, -0.15) is 0 Å². The first kappa shape index (κ1) is 31.5. The molecule has 0 fully saturated rings. The molecule has 0 radical (unpaired) electrons. The van der Waals surface area contributed by atoms with Crippen molar-refractivity contribution in [1.82, 2.24) is 0 Å². The minimum atomic E-state index is -3.67. The number of aryl methyl sites for hydroxylation is 2. The highest BCUT2D eigenvalue weighted by Crippen LogP contribution is 2.48. The van der Waals surface area contributed by atoms with E-state index < -0.39 is 30.7 Å². The van der Waals surface area contributed by atoms with Gasteiger partial charge < -0.3 is 18.8 Å². The Morgan fingerprint density at radius 2 is 1.17 bits per heavy atom. The van der Waals surface area contributed by atoms with Gasteiger partial charge in [0.2, 0.25) is 12.7 Å². The summed E-state index contributed by atoms with van der Waals surface area (Å²) in [5.41, 5.74) is 2.48. The van der Waals surface area contributed by atoms with Crippen LogP contribution >= 0.6 is 7.14 Å². The van der Waals surface area contributed by atoms with Crippen molar-refractivity contribution in [2.75, 3.05) is 13.2 Å². The van der Waals surface area contributed by atoms with Crippen LogP contribution in [-0.2, 0) is 35.0 Å². The molecule has 3 rings (SSSR count). The van der Waals surface area contributed by atoms with Gasteiger partial charge in [0, 0.05) is 27.3 Å². The number of ether oxygens (including phenoxy) is 3. The molecule has 0 aliphatic heterocycles. The van der Waals surface area contributed by atoms with E-state index in [-0.39, 0.29) is 31.0 Å². The van der Waals surface area contributed by atoms with Gasteiger partial charge in [-0.3, -0.25) is 4.79 Å². The zero-order chi connectivity index (χ0) is 30.2. The molecule has 0 spiro atoms. The molecule has 0 bridgehead atoms. The molecule has 0 aromatic heterocycles. The molecular formula is C33H35O7P. The van der Waals surface area contributed by atoms with Crippen LogP contribution in [0.3, 0.4) is 0 Å². The summed E-state index contributed by atoms with van der Waals surface area (Å²) in [6.45, 7) is 13.6. The van der Waals surface area contributed by atoms with Crippen LogP contribution in [0.2, 0.25) is 0 Å². The second-order valence-electron chi connectivity index (χ2n) is 9.88. The SMILES string of the molecule is C=C(C)C(=O)OCC(COC(=O)C(=C)C)OCc1cc(C)c(C(=O)P(=O)(c2ccccc2)c2ccccc2)c(C)c1. The summed E-state index contributed by atoms with van der Waals surface area (Å²) in [6.07, 6.45) is -0.750. The van der Waals surface area contributed by atoms with Crippen LogP contribution in [0.5, 0.6) is 0 Å². The first-order chi connectivity index (χ1) is 19.4. The fourth-order valence-corrected chi connectivity index (χ4v) is 6.85. The second-order valence-corrected chi connectivity index (χ2v) is 12.5. The van der Waals surface area contributed by atoms with Crippen LogP contribution in [0.15, 0.2) is 97.1 Å². The van der Waals surface area contributed by atoms with Crippen LogP contribution < -0.4 is 10.6 Å². The lowest BCUT2D eigenvalue weighted by Gasteiger charge is -2.22. The van der Waals surface area contributed by atoms with E-state index in [2.05, 4.69) is 13.2 Å². The molecule has 0 atom stereocenters. The van der Waals surface area contributed by atoms with E-state index in [0.29, 0.717) is 27.3 Å². The van der Waals surface area contributed by atoms with E-state index in [1.165, 1.54) is 13.8 Å². The van der Waals surface area contributed by atoms with E-state index in [4.69, 9.17) is 14.2 Å². The van der Waals surface area contributed by atoms with Crippen molar-refractivity contribution in [1.29, 1.82) is 0 Å². The van der Waals surface area contributed by atoms with Gasteiger partial charge in [-0.1, -0.05) is 86.0 Å². The number of hydrogen-bond acceptors (Lipinski definition) is 7. The van der Waals surface area contributed by atoms with Crippen molar-refractivity contribution in [3.05, 3.63) is 119 Å². The Kier molecular flexibility index (Phi) is 10.8. The number of hydrogen-bond donors (Lipinski definition) is 0. The molecule has 214 valence electrons. The summed E-state index contributed by atoms with van der Waals surface area (Å²) in [4.78, 5) is 37.9. The fraction of sp³-hybridized carbons (Fsp3) is 0.242. The monoisotopic (exact) mass is 574 g/mol. The van der Waals surface area contributed by atoms with Gasteiger partial charge in [0.15, 0.2) is 0 Å². The minimum Gasteiger partial charge on any atom is -0.459 e. The first-order valence-electron chi connectivity index (χ1n) is 13.1. The van der Waals surface area contributed by atoms with Gasteiger partial charge in [0.05, 0.1) is 6.61 Å². The summed E-state index contributed by atoms with van der Waals surface area (Å²) in [7, 11) is -3.67. The molecule has 7 nitrogen and oxygen atoms in total. The third kappa shape index (κ3) is 7.78. The molecule has 41 heavy (non-hydrogen) atoms. The fourth-order valence-electron chi connectivity index (χ4n) is 4.23. The Balaban J connectivity index is 1.87. The number of benzene rings is 3. The smallest absolute Gasteiger partial charge is 0.333 e. The molecule has 0 amide bonds. The first-order valence-corrected chi connectivity index (χ1v) is 14.8. The summed E-state index contributed by atoms with van der Waals surface area (Å²) in [6, 6.07) is 21.2. The number of carbonyl (C=O) groups excluding carboxylic acids is 3. The van der Waals surface area contributed by atoms with Crippen LogP contribution in [0.1, 0.15) is 40.9 Å². The van der Waals surface area contributed by atoms with E-state index in [9.17, 15) is 18.9 Å². The summed E-state index contributed by atoms with van der Waals surface area (Å²) >= 11 is 0. The molecule has 0 heterocycles. The van der Waals surface area contributed by atoms with Gasteiger partial charge >= 0.3 is 11.9 Å². The minimum absolute atomic E-state index is 0.0884. The molecule has 0 saturated heterocycles. The molecule has 8 heteroatoms. The van der Waals surface area contributed by atoms with E-state index in [1.807, 2.05) is 12.1 Å². The Morgan fingerprint density at radius 1 is 0.756 bits per heavy atom. The van der Waals surface area contributed by atoms with Gasteiger partial charge in [0.25, 0.3) is 0 Å². The molecule has 0 aliphatic rings. The van der Waals surface area contributed by atoms with Crippen molar-refractivity contribution >= 4 is 35.2 Å². The van der Waals surface area contributed by atoms with Crippen LogP contribution in [0, 0.1) is 13.8 Å². The summed E-state index contributed by atoms with van der Waals surface area (Å²) in [5.74, 6) is -1.17. The molecule has 0 saturated carbocycles. The molecule has 0 aliphatic carbocycles. The van der Waals surface area contributed by atoms with Gasteiger partial charge in [0.1, 0.15) is 19.3 Å². The number of rotatable bonds is 13. The summed E-state index contributed by atoms with van der Waals surface area (Å²) in [5, 5.41) is 0.942. The highest BCUT2D eigenvalue weighted by molar-refractivity contribution is 7.93. The Morgan fingerprint density at radius 3 is 1.56 bits per heavy atom. The van der Waals surface area contributed by atoms with Gasteiger partial charge in [-0.25, -0.2) is 9.59 Å². The highest BCUT2D eigenvalue weighted by Gasteiger charge is 2.38. The lowest BCUT2D eigenvalue weighted by Crippen LogP contribution is -2.29.